The average molecular weight is 1400 g/mol. The maximum atomic E-state index is 13.1. The number of carbonyl (C=O) groups is 4. The number of aliphatic hydroxyl groups excluding tert-OH is 1. The highest BCUT2D eigenvalue weighted by atomic mass is 31.2. The van der Waals surface area contributed by atoms with Gasteiger partial charge < -0.3 is 33.8 Å². The Morgan fingerprint density at radius 3 is 0.747 bits per heavy atom. The van der Waals surface area contributed by atoms with Gasteiger partial charge in [0.05, 0.1) is 26.4 Å². The largest absolute Gasteiger partial charge is 0.472 e. The number of aliphatic hydroxyl groups is 1. The fourth-order valence-electron chi connectivity index (χ4n) is 11.5. The van der Waals surface area contributed by atoms with Crippen LogP contribution >= 0.6 is 15.6 Å². The van der Waals surface area contributed by atoms with E-state index in [-0.39, 0.29) is 25.7 Å². The molecule has 0 radical (unpaired) electrons. The van der Waals surface area contributed by atoms with E-state index in [2.05, 4.69) is 55.4 Å². The first-order valence-corrected chi connectivity index (χ1v) is 42.2. The standard InChI is InChI=1S/C76H148O17P2/c1-9-69(8)55-47-39-31-22-17-18-24-34-42-50-58-75(80)92-71(62-86-73(78)56-48-40-32-23-16-14-12-10-11-13-15-20-28-36-44-52-66(2)3)64-90-94(82,83)88-60-70(77)61-89-95(84,85)91-65-72(63-87-74(79)57-49-41-33-27-26-30-38-46-54-68(6)7)93-76(81)59-51-43-35-25-19-21-29-37-45-53-67(4)5/h66-72,77H,9-65H2,1-8H3,(H,82,83)(H,84,85)/t69?,70?,71-,72-/m1/s1. The maximum absolute atomic E-state index is 13.1. The van der Waals surface area contributed by atoms with Gasteiger partial charge in [0.25, 0.3) is 0 Å². The van der Waals surface area contributed by atoms with Crippen LogP contribution in [0.4, 0.5) is 0 Å². The van der Waals surface area contributed by atoms with E-state index in [1.807, 2.05) is 0 Å². The Labute approximate surface area is 581 Å². The summed E-state index contributed by atoms with van der Waals surface area (Å²) < 4.78 is 68.5. The first kappa shape index (κ1) is 93.1. The normalized spacial score (nSPS) is 14.4. The molecule has 0 bridgehead atoms. The van der Waals surface area contributed by atoms with Crippen LogP contribution in [0.3, 0.4) is 0 Å². The van der Waals surface area contributed by atoms with Crippen molar-refractivity contribution in [1.29, 1.82) is 0 Å². The number of phosphoric ester groups is 2. The fraction of sp³-hybridized carbons (Fsp3) is 0.947. The molecule has 0 aliphatic carbocycles. The Morgan fingerprint density at radius 1 is 0.295 bits per heavy atom. The Bertz CT molecular complexity index is 1870. The highest BCUT2D eigenvalue weighted by Crippen LogP contribution is 2.45. The Hall–Kier alpha value is -1.94. The van der Waals surface area contributed by atoms with Gasteiger partial charge >= 0.3 is 39.5 Å². The summed E-state index contributed by atoms with van der Waals surface area (Å²) in [6, 6.07) is 0. The second-order valence-corrected chi connectivity index (χ2v) is 32.0. The molecule has 564 valence electrons. The smallest absolute Gasteiger partial charge is 0.462 e. The summed E-state index contributed by atoms with van der Waals surface area (Å²) in [7, 11) is -9.91. The number of hydrogen-bond donors (Lipinski definition) is 3. The van der Waals surface area contributed by atoms with Gasteiger partial charge in [-0.25, -0.2) is 9.13 Å². The van der Waals surface area contributed by atoms with E-state index in [1.54, 1.807) is 0 Å². The zero-order valence-corrected chi connectivity index (χ0v) is 64.1. The van der Waals surface area contributed by atoms with Crippen LogP contribution in [0.5, 0.6) is 0 Å². The van der Waals surface area contributed by atoms with Crippen LogP contribution in [0, 0.1) is 23.7 Å². The second kappa shape index (κ2) is 65.4. The van der Waals surface area contributed by atoms with Crippen LogP contribution in [-0.4, -0.2) is 96.7 Å². The number of carbonyl (C=O) groups excluding carboxylic acids is 4. The molecule has 6 atom stereocenters. The first-order chi connectivity index (χ1) is 45.6. The van der Waals surface area contributed by atoms with Crippen molar-refractivity contribution in [1.82, 2.24) is 0 Å². The number of ether oxygens (including phenoxy) is 4. The van der Waals surface area contributed by atoms with Crippen LogP contribution in [-0.2, 0) is 65.4 Å². The lowest BCUT2D eigenvalue weighted by Gasteiger charge is -2.21. The van der Waals surface area contributed by atoms with Crippen molar-refractivity contribution in [3.05, 3.63) is 0 Å². The Balaban J connectivity index is 5.24. The maximum Gasteiger partial charge on any atom is 0.472 e. The van der Waals surface area contributed by atoms with Gasteiger partial charge in [-0.15, -0.1) is 0 Å². The van der Waals surface area contributed by atoms with Crippen molar-refractivity contribution in [2.45, 2.75) is 401 Å². The minimum absolute atomic E-state index is 0.104. The summed E-state index contributed by atoms with van der Waals surface area (Å²) in [5.74, 6) is 0.950. The van der Waals surface area contributed by atoms with Crippen molar-refractivity contribution >= 4 is 39.5 Å². The lowest BCUT2D eigenvalue weighted by molar-refractivity contribution is -0.161. The van der Waals surface area contributed by atoms with Crippen LogP contribution < -0.4 is 0 Å². The van der Waals surface area contributed by atoms with Gasteiger partial charge in [0.2, 0.25) is 0 Å². The highest BCUT2D eigenvalue weighted by Gasteiger charge is 2.30. The highest BCUT2D eigenvalue weighted by molar-refractivity contribution is 7.47. The molecular formula is C76H148O17P2. The number of rotatable bonds is 73. The van der Waals surface area contributed by atoms with E-state index in [4.69, 9.17) is 37.0 Å². The van der Waals surface area contributed by atoms with Gasteiger partial charge in [0, 0.05) is 25.7 Å². The zero-order chi connectivity index (χ0) is 70.3. The quantitative estimate of drug-likeness (QED) is 0.0222. The van der Waals surface area contributed by atoms with Gasteiger partial charge in [-0.05, 0) is 49.4 Å². The Morgan fingerprint density at radius 2 is 0.505 bits per heavy atom. The minimum Gasteiger partial charge on any atom is -0.462 e. The van der Waals surface area contributed by atoms with Crippen LogP contribution in [0.1, 0.15) is 383 Å². The summed E-state index contributed by atoms with van der Waals surface area (Å²) >= 11 is 0. The lowest BCUT2D eigenvalue weighted by atomic mass is 9.99. The van der Waals surface area contributed by atoms with Crippen LogP contribution in [0.2, 0.25) is 0 Å². The number of hydrogen-bond acceptors (Lipinski definition) is 15. The summed E-state index contributed by atoms with van der Waals surface area (Å²) in [5.41, 5.74) is 0. The molecule has 4 unspecified atom stereocenters. The molecule has 0 aliphatic rings. The third-order valence-electron chi connectivity index (χ3n) is 17.9. The third-order valence-corrected chi connectivity index (χ3v) is 19.8. The molecule has 0 amide bonds. The molecule has 0 saturated carbocycles. The van der Waals surface area contributed by atoms with Crippen LogP contribution in [0.25, 0.3) is 0 Å². The molecule has 0 aliphatic heterocycles. The molecule has 0 aromatic rings. The van der Waals surface area contributed by atoms with Crippen molar-refractivity contribution < 1.29 is 80.2 Å². The SMILES string of the molecule is CCC(C)CCCCCCCCCCCCC(=O)O[C@H](COC(=O)CCCCCCCCCCCCCCCCCC(C)C)COP(=O)(O)OCC(O)COP(=O)(O)OC[C@@H](COC(=O)CCCCCCCCCCC(C)C)OC(=O)CCCCCCCCCCCC(C)C. The number of esters is 4. The Kier molecular flexibility index (Phi) is 64.0. The summed E-state index contributed by atoms with van der Waals surface area (Å²) in [4.78, 5) is 72.8. The van der Waals surface area contributed by atoms with Gasteiger partial charge in [-0.1, -0.05) is 331 Å². The first-order valence-electron chi connectivity index (χ1n) is 39.2. The van der Waals surface area contributed by atoms with Gasteiger partial charge in [0.15, 0.2) is 12.2 Å². The lowest BCUT2D eigenvalue weighted by Crippen LogP contribution is -2.30. The zero-order valence-electron chi connectivity index (χ0n) is 62.3. The van der Waals surface area contributed by atoms with E-state index in [0.717, 1.165) is 114 Å². The summed E-state index contributed by atoms with van der Waals surface area (Å²) in [6.45, 7) is 14.2. The average Bonchev–Trinajstić information content (AvgIpc) is 1.44. The molecule has 0 spiro atoms. The van der Waals surface area contributed by atoms with Gasteiger partial charge in [0.1, 0.15) is 19.3 Å². The molecule has 0 saturated heterocycles. The van der Waals surface area contributed by atoms with E-state index < -0.39 is 97.5 Å². The molecule has 17 nitrogen and oxygen atoms in total. The topological polar surface area (TPSA) is 237 Å². The van der Waals surface area contributed by atoms with Crippen molar-refractivity contribution in [2.75, 3.05) is 39.6 Å². The van der Waals surface area contributed by atoms with E-state index in [0.29, 0.717) is 25.7 Å². The predicted molar refractivity (Wildman–Crippen MR) is 386 cm³/mol. The molecule has 3 N–H and O–H groups in total. The third kappa shape index (κ3) is 69.0. The molecule has 0 aromatic carbocycles. The number of unbranched alkanes of at least 4 members (excludes halogenated alkanes) is 38. The summed E-state index contributed by atoms with van der Waals surface area (Å²) in [6.07, 6.45) is 49.9. The second-order valence-electron chi connectivity index (χ2n) is 29.1. The van der Waals surface area contributed by atoms with Crippen molar-refractivity contribution in [2.24, 2.45) is 23.7 Å². The van der Waals surface area contributed by atoms with E-state index in [9.17, 15) is 43.2 Å². The fourth-order valence-corrected chi connectivity index (χ4v) is 13.1. The molecule has 0 heterocycles. The predicted octanol–water partition coefficient (Wildman–Crippen LogP) is 22.0. The molecule has 0 rings (SSSR count). The molecule has 19 heteroatoms. The van der Waals surface area contributed by atoms with Crippen molar-refractivity contribution in [3.8, 4) is 0 Å². The number of phosphoric acid groups is 2. The summed E-state index contributed by atoms with van der Waals surface area (Å²) in [5, 5.41) is 10.6. The molecule has 0 aromatic heterocycles. The molecule has 0 fully saturated rings. The minimum atomic E-state index is -4.96. The molecule has 95 heavy (non-hydrogen) atoms. The van der Waals surface area contributed by atoms with Crippen LogP contribution in [0.15, 0.2) is 0 Å². The van der Waals surface area contributed by atoms with Gasteiger partial charge in [-0.2, -0.15) is 0 Å². The van der Waals surface area contributed by atoms with Crippen molar-refractivity contribution in [3.63, 3.8) is 0 Å². The van der Waals surface area contributed by atoms with Gasteiger partial charge in [-0.3, -0.25) is 37.3 Å². The van der Waals surface area contributed by atoms with E-state index in [1.165, 1.54) is 186 Å². The monoisotopic (exact) mass is 1400 g/mol. The van der Waals surface area contributed by atoms with E-state index >= 15 is 0 Å². The molecular weight excluding hydrogens is 1250 g/mol.